The van der Waals surface area contributed by atoms with Gasteiger partial charge >= 0.3 is 0 Å². The molecule has 1 saturated heterocycles. The van der Waals surface area contributed by atoms with Gasteiger partial charge in [-0.05, 0) is 12.1 Å². The van der Waals surface area contributed by atoms with Crippen molar-refractivity contribution in [2.45, 2.75) is 6.10 Å². The predicted octanol–water partition coefficient (Wildman–Crippen LogP) is -0.133. The van der Waals surface area contributed by atoms with Crippen molar-refractivity contribution >= 4 is 11.8 Å². The molecule has 2 rings (SSSR count). The molecule has 1 N–H and O–H groups in total. The Morgan fingerprint density at radius 2 is 2.47 bits per heavy atom. The molecule has 1 aromatic rings. The maximum atomic E-state index is 11.6. The van der Waals surface area contributed by atoms with Gasteiger partial charge < -0.3 is 19.4 Å². The van der Waals surface area contributed by atoms with Crippen molar-refractivity contribution in [3.63, 3.8) is 0 Å². The lowest BCUT2D eigenvalue weighted by Crippen LogP contribution is -2.48. The van der Waals surface area contributed by atoms with Gasteiger partial charge in [-0.15, -0.1) is 0 Å². The van der Waals surface area contributed by atoms with E-state index >= 15 is 0 Å². The van der Waals surface area contributed by atoms with E-state index < -0.39 is 0 Å². The summed E-state index contributed by atoms with van der Waals surface area (Å²) in [5.41, 5.74) is 0. The number of furan rings is 1. The highest BCUT2D eigenvalue weighted by Crippen LogP contribution is 2.04. The summed E-state index contributed by atoms with van der Waals surface area (Å²) in [5.74, 6) is -0.0537. The van der Waals surface area contributed by atoms with Gasteiger partial charge in [0.05, 0.1) is 12.4 Å². The number of morpholine rings is 1. The van der Waals surface area contributed by atoms with Crippen LogP contribution in [-0.2, 0) is 9.53 Å². The lowest BCUT2D eigenvalue weighted by molar-refractivity contribution is -0.146. The second kappa shape index (κ2) is 5.01. The smallest absolute Gasteiger partial charge is 0.287 e. The molecule has 0 radical (unpaired) electrons. The third kappa shape index (κ3) is 2.85. The van der Waals surface area contributed by atoms with Crippen LogP contribution in [0.3, 0.4) is 0 Å². The molecule has 0 saturated carbocycles. The van der Waals surface area contributed by atoms with E-state index in [0.717, 1.165) is 0 Å². The number of ether oxygens (including phenoxy) is 1. The minimum atomic E-state index is -0.279. The summed E-state index contributed by atoms with van der Waals surface area (Å²) in [6.07, 6.45) is 1.27. The Balaban J connectivity index is 1.79. The molecule has 0 aromatic carbocycles. The van der Waals surface area contributed by atoms with Crippen LogP contribution >= 0.6 is 0 Å². The molecule has 6 heteroatoms. The van der Waals surface area contributed by atoms with E-state index in [9.17, 15) is 9.59 Å². The van der Waals surface area contributed by atoms with Crippen molar-refractivity contribution in [3.8, 4) is 0 Å². The van der Waals surface area contributed by atoms with Crippen molar-refractivity contribution in [2.75, 3.05) is 26.7 Å². The molecule has 1 atom stereocenters. The molecule has 1 fully saturated rings. The summed E-state index contributed by atoms with van der Waals surface area (Å²) < 4.78 is 10.2. The maximum absolute atomic E-state index is 11.6. The van der Waals surface area contributed by atoms with Crippen molar-refractivity contribution in [3.05, 3.63) is 24.2 Å². The number of likely N-dealkylation sites (N-methyl/N-ethyl adjacent to an activating group) is 1. The van der Waals surface area contributed by atoms with Gasteiger partial charge in [-0.3, -0.25) is 9.59 Å². The average Bonchev–Trinajstić information content (AvgIpc) is 2.84. The van der Waals surface area contributed by atoms with E-state index in [1.807, 2.05) is 0 Å². The largest absolute Gasteiger partial charge is 0.459 e. The highest BCUT2D eigenvalue weighted by molar-refractivity contribution is 5.91. The lowest BCUT2D eigenvalue weighted by Gasteiger charge is -2.29. The summed E-state index contributed by atoms with van der Waals surface area (Å²) >= 11 is 0. The number of hydrogen-bond donors (Lipinski definition) is 1. The van der Waals surface area contributed by atoms with E-state index in [-0.39, 0.29) is 30.3 Å². The van der Waals surface area contributed by atoms with Gasteiger partial charge in [0.15, 0.2) is 5.76 Å². The molecule has 1 aliphatic heterocycles. The molecule has 2 heterocycles. The topological polar surface area (TPSA) is 71.8 Å². The number of hydrogen-bond acceptors (Lipinski definition) is 4. The SMILES string of the molecule is CN1CC(CNC(=O)c2ccco2)OCC1=O. The van der Waals surface area contributed by atoms with Crippen LogP contribution < -0.4 is 5.32 Å². The third-order valence-electron chi connectivity index (χ3n) is 2.58. The Hall–Kier alpha value is -1.82. The predicted molar refractivity (Wildman–Crippen MR) is 58.4 cm³/mol. The van der Waals surface area contributed by atoms with Crippen LogP contribution in [0.25, 0.3) is 0 Å². The minimum absolute atomic E-state index is 0.0430. The van der Waals surface area contributed by atoms with Crippen LogP contribution in [0.4, 0.5) is 0 Å². The quantitative estimate of drug-likeness (QED) is 0.796. The summed E-state index contributed by atoms with van der Waals surface area (Å²) in [6.45, 7) is 0.909. The Morgan fingerprint density at radius 3 is 3.12 bits per heavy atom. The fourth-order valence-corrected chi connectivity index (χ4v) is 1.58. The Kier molecular flexibility index (Phi) is 3.43. The molecule has 17 heavy (non-hydrogen) atoms. The Labute approximate surface area is 98.5 Å². The molecular weight excluding hydrogens is 224 g/mol. The molecule has 6 nitrogen and oxygen atoms in total. The number of nitrogens with zero attached hydrogens (tertiary/aromatic N) is 1. The first kappa shape index (κ1) is 11.7. The van der Waals surface area contributed by atoms with E-state index in [1.165, 1.54) is 6.26 Å². The summed E-state index contributed by atoms with van der Waals surface area (Å²) in [7, 11) is 1.71. The zero-order valence-corrected chi connectivity index (χ0v) is 9.51. The maximum Gasteiger partial charge on any atom is 0.287 e. The monoisotopic (exact) mass is 238 g/mol. The molecule has 2 amide bonds. The first-order valence-electron chi connectivity index (χ1n) is 5.34. The fraction of sp³-hybridized carbons (Fsp3) is 0.455. The van der Waals surface area contributed by atoms with Gasteiger partial charge in [-0.1, -0.05) is 0 Å². The zero-order valence-electron chi connectivity index (χ0n) is 9.51. The van der Waals surface area contributed by atoms with Gasteiger partial charge in [0.2, 0.25) is 5.91 Å². The molecule has 1 unspecified atom stereocenters. The van der Waals surface area contributed by atoms with Crippen molar-refractivity contribution in [1.29, 1.82) is 0 Å². The highest BCUT2D eigenvalue weighted by Gasteiger charge is 2.23. The number of amides is 2. The van der Waals surface area contributed by atoms with Gasteiger partial charge in [0.25, 0.3) is 5.91 Å². The number of carbonyl (C=O) groups is 2. The number of rotatable bonds is 3. The molecule has 1 aliphatic rings. The summed E-state index contributed by atoms with van der Waals surface area (Å²) in [6, 6.07) is 3.24. The second-order valence-corrected chi connectivity index (χ2v) is 3.89. The van der Waals surface area contributed by atoms with Gasteiger partial charge in [-0.25, -0.2) is 0 Å². The lowest BCUT2D eigenvalue weighted by atomic mass is 10.2. The van der Waals surface area contributed by atoms with Crippen LogP contribution in [-0.4, -0.2) is 49.6 Å². The minimum Gasteiger partial charge on any atom is -0.459 e. The Bertz CT molecular complexity index is 402. The molecule has 1 aromatic heterocycles. The first-order valence-corrected chi connectivity index (χ1v) is 5.34. The normalized spacial score (nSPS) is 20.4. The van der Waals surface area contributed by atoms with Crippen molar-refractivity contribution < 1.29 is 18.7 Å². The van der Waals surface area contributed by atoms with Crippen molar-refractivity contribution in [1.82, 2.24) is 10.2 Å². The third-order valence-corrected chi connectivity index (χ3v) is 2.58. The van der Waals surface area contributed by atoms with Crippen LogP contribution in [0.1, 0.15) is 10.6 Å². The van der Waals surface area contributed by atoms with Crippen LogP contribution in [0.2, 0.25) is 0 Å². The fourth-order valence-electron chi connectivity index (χ4n) is 1.58. The Morgan fingerprint density at radius 1 is 1.65 bits per heavy atom. The number of nitrogens with one attached hydrogen (secondary N) is 1. The van der Waals surface area contributed by atoms with Crippen LogP contribution in [0.5, 0.6) is 0 Å². The van der Waals surface area contributed by atoms with Gasteiger partial charge in [0.1, 0.15) is 6.61 Å². The molecular formula is C11H14N2O4. The zero-order chi connectivity index (χ0) is 12.3. The summed E-state index contributed by atoms with van der Waals surface area (Å²) in [4.78, 5) is 24.3. The average molecular weight is 238 g/mol. The van der Waals surface area contributed by atoms with E-state index in [0.29, 0.717) is 13.1 Å². The van der Waals surface area contributed by atoms with Gasteiger partial charge in [0, 0.05) is 20.1 Å². The summed E-state index contributed by atoms with van der Waals surface area (Å²) in [5, 5.41) is 2.69. The van der Waals surface area contributed by atoms with Gasteiger partial charge in [-0.2, -0.15) is 0 Å². The molecule has 0 bridgehead atoms. The number of carbonyl (C=O) groups excluding carboxylic acids is 2. The van der Waals surface area contributed by atoms with Crippen molar-refractivity contribution in [2.24, 2.45) is 0 Å². The first-order chi connectivity index (χ1) is 8.16. The standard InChI is InChI=1S/C11H14N2O4/c1-13-6-8(17-7-10(13)14)5-12-11(15)9-3-2-4-16-9/h2-4,8H,5-7H2,1H3,(H,12,15). The molecule has 92 valence electrons. The van der Waals surface area contributed by atoms with E-state index in [4.69, 9.17) is 9.15 Å². The van der Waals surface area contributed by atoms with Crippen LogP contribution in [0, 0.1) is 0 Å². The molecule has 0 spiro atoms. The molecule has 0 aliphatic carbocycles. The van der Waals surface area contributed by atoms with Crippen LogP contribution in [0.15, 0.2) is 22.8 Å². The second-order valence-electron chi connectivity index (χ2n) is 3.89. The highest BCUT2D eigenvalue weighted by atomic mass is 16.5. The van der Waals surface area contributed by atoms with E-state index in [1.54, 1.807) is 24.1 Å². The van der Waals surface area contributed by atoms with E-state index in [2.05, 4.69) is 5.32 Å².